The fourth-order valence-corrected chi connectivity index (χ4v) is 3.49. The van der Waals surface area contributed by atoms with Crippen LogP contribution in [0.2, 0.25) is 0 Å². The Morgan fingerprint density at radius 3 is 2.84 bits per heavy atom. The number of hydrogen-bond donors (Lipinski definition) is 1. The van der Waals surface area contributed by atoms with Crippen molar-refractivity contribution < 1.29 is 9.26 Å². The van der Waals surface area contributed by atoms with Crippen LogP contribution >= 0.6 is 23.1 Å². The quantitative estimate of drug-likeness (QED) is 0.638. The summed E-state index contributed by atoms with van der Waals surface area (Å²) in [5.74, 6) is 2.65. The van der Waals surface area contributed by atoms with E-state index in [1.54, 1.807) is 7.11 Å². The molecule has 0 amide bonds. The van der Waals surface area contributed by atoms with E-state index < -0.39 is 0 Å². The van der Waals surface area contributed by atoms with Crippen LogP contribution in [-0.2, 0) is 11.2 Å². The lowest BCUT2D eigenvalue weighted by atomic mass is 9.96. The predicted molar refractivity (Wildman–Crippen MR) is 98.7 cm³/mol. The number of ether oxygens (including phenoxy) is 1. The molecule has 0 aliphatic heterocycles. The van der Waals surface area contributed by atoms with E-state index in [9.17, 15) is 0 Å². The number of aromatic nitrogens is 4. The van der Waals surface area contributed by atoms with Gasteiger partial charge in [0.25, 0.3) is 0 Å². The average Bonchev–Trinajstić information content (AvgIpc) is 3.22. The molecule has 0 aliphatic carbocycles. The van der Waals surface area contributed by atoms with Gasteiger partial charge in [-0.1, -0.05) is 55.1 Å². The molecule has 0 aliphatic rings. The van der Waals surface area contributed by atoms with Crippen LogP contribution in [0.25, 0.3) is 0 Å². The molecular weight excluding hydrogens is 358 g/mol. The van der Waals surface area contributed by atoms with Crippen LogP contribution < -0.4 is 10.1 Å². The molecule has 2 heterocycles. The molecule has 3 rings (SSSR count). The highest BCUT2D eigenvalue weighted by Crippen LogP contribution is 2.30. The third kappa shape index (κ3) is 4.70. The van der Waals surface area contributed by atoms with Crippen molar-refractivity contribution in [3.63, 3.8) is 0 Å². The molecule has 0 unspecified atom stereocenters. The molecule has 2 aromatic heterocycles. The van der Waals surface area contributed by atoms with E-state index in [-0.39, 0.29) is 5.41 Å². The zero-order valence-electron chi connectivity index (χ0n) is 14.4. The van der Waals surface area contributed by atoms with E-state index >= 15 is 0 Å². The van der Waals surface area contributed by atoms with Crippen molar-refractivity contribution in [3.8, 4) is 5.75 Å². The first-order valence-electron chi connectivity index (χ1n) is 7.64. The average molecular weight is 377 g/mol. The Bertz CT molecular complexity index is 841. The third-order valence-electron chi connectivity index (χ3n) is 3.19. The topological polar surface area (TPSA) is 86.0 Å². The molecule has 0 saturated heterocycles. The van der Waals surface area contributed by atoms with Gasteiger partial charge in [-0.2, -0.15) is 4.98 Å². The molecule has 0 fully saturated rings. The van der Waals surface area contributed by atoms with Gasteiger partial charge in [0.2, 0.25) is 11.0 Å². The second kappa shape index (κ2) is 7.40. The van der Waals surface area contributed by atoms with Gasteiger partial charge in [-0.3, -0.25) is 0 Å². The molecule has 1 N–H and O–H groups in total. The highest BCUT2D eigenvalue weighted by Gasteiger charge is 2.21. The van der Waals surface area contributed by atoms with Crippen molar-refractivity contribution in [2.24, 2.45) is 0 Å². The second-order valence-electron chi connectivity index (χ2n) is 6.28. The molecule has 0 saturated carbocycles. The van der Waals surface area contributed by atoms with E-state index in [0.717, 1.165) is 20.9 Å². The van der Waals surface area contributed by atoms with Crippen molar-refractivity contribution in [2.75, 3.05) is 12.4 Å². The van der Waals surface area contributed by atoms with Gasteiger partial charge >= 0.3 is 0 Å². The lowest BCUT2D eigenvalue weighted by Gasteiger charge is -2.10. The number of hydrogen-bond acceptors (Lipinski definition) is 9. The van der Waals surface area contributed by atoms with Gasteiger partial charge in [-0.05, 0) is 12.1 Å². The normalized spacial score (nSPS) is 11.5. The minimum absolute atomic E-state index is 0.122. The number of nitrogens with zero attached hydrogens (tertiary/aromatic N) is 4. The molecule has 0 radical (unpaired) electrons. The summed E-state index contributed by atoms with van der Waals surface area (Å²) in [4.78, 5) is 4.42. The summed E-state index contributed by atoms with van der Waals surface area (Å²) in [5, 5.41) is 16.3. The summed E-state index contributed by atoms with van der Waals surface area (Å²) in [6.07, 6.45) is 0. The van der Waals surface area contributed by atoms with E-state index in [0.29, 0.717) is 17.5 Å². The first kappa shape index (κ1) is 17.7. The number of thioether (sulfide) groups is 1. The monoisotopic (exact) mass is 377 g/mol. The Kier molecular flexibility index (Phi) is 5.24. The molecule has 25 heavy (non-hydrogen) atoms. The van der Waals surface area contributed by atoms with Crippen molar-refractivity contribution in [1.29, 1.82) is 0 Å². The minimum atomic E-state index is -0.122. The molecule has 9 heteroatoms. The van der Waals surface area contributed by atoms with Crippen molar-refractivity contribution in [2.45, 2.75) is 36.3 Å². The second-order valence-corrected chi connectivity index (χ2v) is 8.48. The number of anilines is 2. The fourth-order valence-electron chi connectivity index (χ4n) is 1.88. The van der Waals surface area contributed by atoms with Crippen LogP contribution in [0.15, 0.2) is 33.1 Å². The third-order valence-corrected chi connectivity index (χ3v) is 5.14. The lowest BCUT2D eigenvalue weighted by Crippen LogP contribution is -2.13. The van der Waals surface area contributed by atoms with Crippen LogP contribution in [0.1, 0.15) is 32.5 Å². The van der Waals surface area contributed by atoms with Crippen LogP contribution in [0.4, 0.5) is 10.8 Å². The molecule has 0 bridgehead atoms. The maximum atomic E-state index is 5.29. The summed E-state index contributed by atoms with van der Waals surface area (Å²) in [6.45, 7) is 6.15. The maximum Gasteiger partial charge on any atom is 0.237 e. The van der Waals surface area contributed by atoms with Gasteiger partial charge in [0.15, 0.2) is 10.2 Å². The molecule has 7 nitrogen and oxygen atoms in total. The standard InChI is InChI=1S/C16H19N5O2S2/c1-16(2,3)13-18-12(23-21-13)9-24-15-20-19-14(25-15)17-10-6-5-7-11(8-10)22-4/h5-8H,9H2,1-4H3,(H,17,19). The van der Waals surface area contributed by atoms with Gasteiger partial charge in [0.1, 0.15) is 5.75 Å². The number of methoxy groups -OCH3 is 1. The Morgan fingerprint density at radius 2 is 2.12 bits per heavy atom. The summed E-state index contributed by atoms with van der Waals surface area (Å²) in [6, 6.07) is 7.66. The van der Waals surface area contributed by atoms with Gasteiger partial charge in [-0.15, -0.1) is 10.2 Å². The van der Waals surface area contributed by atoms with Crippen LogP contribution in [0.3, 0.4) is 0 Å². The summed E-state index contributed by atoms with van der Waals surface area (Å²) < 4.78 is 11.3. The number of nitrogens with one attached hydrogen (secondary N) is 1. The van der Waals surface area contributed by atoms with Crippen LogP contribution in [0, 0.1) is 0 Å². The summed E-state index contributed by atoms with van der Waals surface area (Å²) in [5.41, 5.74) is 0.780. The highest BCUT2D eigenvalue weighted by atomic mass is 32.2. The first-order chi connectivity index (χ1) is 11.9. The summed E-state index contributed by atoms with van der Waals surface area (Å²) >= 11 is 2.99. The molecule has 3 aromatic rings. The van der Waals surface area contributed by atoms with Gasteiger partial charge < -0.3 is 14.6 Å². The minimum Gasteiger partial charge on any atom is -0.497 e. The molecule has 0 atom stereocenters. The van der Waals surface area contributed by atoms with Gasteiger partial charge in [-0.25, -0.2) is 0 Å². The Morgan fingerprint density at radius 1 is 1.28 bits per heavy atom. The number of rotatable bonds is 6. The lowest BCUT2D eigenvalue weighted by molar-refractivity contribution is 0.373. The maximum absolute atomic E-state index is 5.29. The first-order valence-corrected chi connectivity index (χ1v) is 9.45. The predicted octanol–water partition coefficient (Wildman–Crippen LogP) is 4.26. The highest BCUT2D eigenvalue weighted by molar-refractivity contribution is 8.00. The summed E-state index contributed by atoms with van der Waals surface area (Å²) in [7, 11) is 1.64. The van der Waals surface area contributed by atoms with E-state index in [1.165, 1.54) is 23.1 Å². The van der Waals surface area contributed by atoms with Crippen molar-refractivity contribution in [1.82, 2.24) is 20.3 Å². The van der Waals surface area contributed by atoms with E-state index in [2.05, 4.69) is 46.4 Å². The van der Waals surface area contributed by atoms with Crippen LogP contribution in [0.5, 0.6) is 5.75 Å². The van der Waals surface area contributed by atoms with Crippen LogP contribution in [-0.4, -0.2) is 27.4 Å². The largest absolute Gasteiger partial charge is 0.497 e. The fraction of sp³-hybridized carbons (Fsp3) is 0.375. The molecule has 132 valence electrons. The molecular formula is C16H19N5O2S2. The van der Waals surface area contributed by atoms with Gasteiger partial charge in [0.05, 0.1) is 12.9 Å². The van der Waals surface area contributed by atoms with Crippen molar-refractivity contribution >= 4 is 33.9 Å². The van der Waals surface area contributed by atoms with Gasteiger partial charge in [0, 0.05) is 17.2 Å². The zero-order chi connectivity index (χ0) is 17.9. The smallest absolute Gasteiger partial charge is 0.237 e. The van der Waals surface area contributed by atoms with E-state index in [4.69, 9.17) is 9.26 Å². The Hall–Kier alpha value is -2.13. The molecule has 1 aromatic carbocycles. The molecule has 0 spiro atoms. The van der Waals surface area contributed by atoms with Crippen molar-refractivity contribution in [3.05, 3.63) is 36.0 Å². The number of benzene rings is 1. The zero-order valence-corrected chi connectivity index (χ0v) is 16.1. The SMILES string of the molecule is COc1cccc(Nc2nnc(SCc3nc(C(C)(C)C)no3)s2)c1. The Balaban J connectivity index is 1.59. The Labute approximate surface area is 154 Å². The van der Waals surface area contributed by atoms with E-state index in [1.807, 2.05) is 24.3 Å².